The lowest BCUT2D eigenvalue weighted by Crippen LogP contribution is -1.90. The van der Waals surface area contributed by atoms with Crippen LogP contribution in [0.1, 0.15) is 16.7 Å². The second-order valence-electron chi connectivity index (χ2n) is 4.62. The molecule has 0 amide bonds. The molecule has 2 rings (SSSR count). The number of carboxylic acids is 1. The van der Waals surface area contributed by atoms with Crippen LogP contribution in [-0.2, 0) is 10.5 Å². The molecule has 0 spiro atoms. The Kier molecular flexibility index (Phi) is 5.17. The van der Waals surface area contributed by atoms with E-state index in [1.165, 1.54) is 17.7 Å². The molecule has 0 unspecified atom stereocenters. The summed E-state index contributed by atoms with van der Waals surface area (Å²) in [5.41, 5.74) is 2.34. The van der Waals surface area contributed by atoms with Crippen LogP contribution in [0.5, 0.6) is 0 Å². The van der Waals surface area contributed by atoms with E-state index in [9.17, 15) is 9.18 Å². The molecule has 0 saturated heterocycles. The van der Waals surface area contributed by atoms with Gasteiger partial charge in [-0.2, -0.15) is 0 Å². The average molecular weight is 302 g/mol. The largest absolute Gasteiger partial charge is 0.478 e. The quantitative estimate of drug-likeness (QED) is 0.651. The van der Waals surface area contributed by atoms with Gasteiger partial charge in [-0.1, -0.05) is 29.8 Å². The Morgan fingerprint density at radius 2 is 1.95 bits per heavy atom. The molecule has 0 radical (unpaired) electrons. The fraction of sp³-hybridized carbons (Fsp3) is 0.118. The van der Waals surface area contributed by atoms with E-state index in [2.05, 4.69) is 0 Å². The highest BCUT2D eigenvalue weighted by Gasteiger charge is 2.04. The zero-order valence-corrected chi connectivity index (χ0v) is 12.4. The van der Waals surface area contributed by atoms with Crippen molar-refractivity contribution in [3.8, 4) is 0 Å². The minimum Gasteiger partial charge on any atom is -0.478 e. The van der Waals surface area contributed by atoms with Gasteiger partial charge in [-0.05, 0) is 42.3 Å². The second-order valence-corrected chi connectivity index (χ2v) is 5.67. The van der Waals surface area contributed by atoms with Crippen LogP contribution >= 0.6 is 11.8 Å². The van der Waals surface area contributed by atoms with Gasteiger partial charge in [0.25, 0.3) is 0 Å². The highest BCUT2D eigenvalue weighted by atomic mass is 32.2. The van der Waals surface area contributed by atoms with Gasteiger partial charge in [0, 0.05) is 16.7 Å². The molecule has 2 aromatic carbocycles. The van der Waals surface area contributed by atoms with Crippen molar-refractivity contribution >= 4 is 23.8 Å². The Hall–Kier alpha value is -2.07. The van der Waals surface area contributed by atoms with Gasteiger partial charge in [0.05, 0.1) is 0 Å². The summed E-state index contributed by atoms with van der Waals surface area (Å²) in [6.07, 6.45) is 2.37. The van der Waals surface area contributed by atoms with Crippen LogP contribution in [0.4, 0.5) is 4.39 Å². The first kappa shape index (κ1) is 15.3. The fourth-order valence-electron chi connectivity index (χ4n) is 1.75. The van der Waals surface area contributed by atoms with Gasteiger partial charge in [-0.25, -0.2) is 9.18 Å². The Morgan fingerprint density at radius 3 is 2.57 bits per heavy atom. The zero-order valence-electron chi connectivity index (χ0n) is 11.5. The van der Waals surface area contributed by atoms with E-state index in [-0.39, 0.29) is 5.82 Å². The molecule has 108 valence electrons. The monoisotopic (exact) mass is 302 g/mol. The predicted molar refractivity (Wildman–Crippen MR) is 83.8 cm³/mol. The lowest BCUT2D eigenvalue weighted by atomic mass is 10.1. The van der Waals surface area contributed by atoms with E-state index in [1.807, 2.05) is 31.2 Å². The minimum atomic E-state index is -1.05. The van der Waals surface area contributed by atoms with E-state index in [4.69, 9.17) is 5.11 Å². The molecule has 2 aromatic rings. The number of hydrogen-bond donors (Lipinski definition) is 1. The van der Waals surface area contributed by atoms with Crippen molar-refractivity contribution in [2.24, 2.45) is 0 Å². The molecule has 0 aliphatic rings. The van der Waals surface area contributed by atoms with Crippen molar-refractivity contribution in [2.75, 3.05) is 0 Å². The molecule has 0 aliphatic heterocycles. The number of carboxylic acid groups (broad SMARTS) is 1. The normalized spacial score (nSPS) is 11.0. The lowest BCUT2D eigenvalue weighted by molar-refractivity contribution is -0.131. The van der Waals surface area contributed by atoms with Crippen molar-refractivity contribution in [2.45, 2.75) is 17.6 Å². The molecular formula is C17H15FO2S. The topological polar surface area (TPSA) is 37.3 Å². The maximum absolute atomic E-state index is 13.9. The standard InChI is InChI=1S/C17H15FO2S/c1-12-2-7-15(8-3-12)21-11-14-6-4-13(10-16(14)18)5-9-17(19)20/h2-10H,11H2,1H3,(H,19,20). The third-order valence-corrected chi connectivity index (χ3v) is 3.97. The smallest absolute Gasteiger partial charge is 0.328 e. The Labute approximate surface area is 127 Å². The fourth-order valence-corrected chi connectivity index (χ4v) is 2.63. The van der Waals surface area contributed by atoms with Crippen LogP contribution < -0.4 is 0 Å². The van der Waals surface area contributed by atoms with Crippen molar-refractivity contribution in [3.05, 3.63) is 71.0 Å². The molecule has 0 aliphatic carbocycles. The van der Waals surface area contributed by atoms with Gasteiger partial charge < -0.3 is 5.11 Å². The number of hydrogen-bond acceptors (Lipinski definition) is 2. The minimum absolute atomic E-state index is 0.317. The number of thioether (sulfide) groups is 1. The third-order valence-electron chi connectivity index (χ3n) is 2.91. The highest BCUT2D eigenvalue weighted by molar-refractivity contribution is 7.98. The number of benzene rings is 2. The van der Waals surface area contributed by atoms with Crippen LogP contribution in [0.25, 0.3) is 6.08 Å². The molecule has 1 N–H and O–H groups in total. The zero-order chi connectivity index (χ0) is 15.2. The van der Waals surface area contributed by atoms with Gasteiger partial charge in [-0.3, -0.25) is 0 Å². The summed E-state index contributed by atoms with van der Waals surface area (Å²) >= 11 is 1.57. The first-order chi connectivity index (χ1) is 10.0. The Bertz CT molecular complexity index is 663. The van der Waals surface area contributed by atoms with E-state index in [0.717, 1.165) is 11.0 Å². The number of carbonyl (C=O) groups is 1. The number of rotatable bonds is 5. The summed E-state index contributed by atoms with van der Waals surface area (Å²) < 4.78 is 13.9. The van der Waals surface area contributed by atoms with Crippen LogP contribution in [0, 0.1) is 12.7 Å². The van der Waals surface area contributed by atoms with E-state index in [1.54, 1.807) is 23.9 Å². The number of aryl methyl sites for hydroxylation is 1. The Morgan fingerprint density at radius 1 is 1.24 bits per heavy atom. The molecular weight excluding hydrogens is 287 g/mol. The predicted octanol–water partition coefficient (Wildman–Crippen LogP) is 4.52. The molecule has 0 bridgehead atoms. The summed E-state index contributed by atoms with van der Waals surface area (Å²) in [6, 6.07) is 12.8. The van der Waals surface area contributed by atoms with Gasteiger partial charge >= 0.3 is 5.97 Å². The maximum atomic E-state index is 13.9. The summed E-state index contributed by atoms with van der Waals surface area (Å²) in [7, 11) is 0. The average Bonchev–Trinajstić information content (AvgIpc) is 2.46. The van der Waals surface area contributed by atoms with Crippen LogP contribution in [0.3, 0.4) is 0 Å². The van der Waals surface area contributed by atoms with Gasteiger partial charge in [0.2, 0.25) is 0 Å². The van der Waals surface area contributed by atoms with E-state index >= 15 is 0 Å². The molecule has 0 fully saturated rings. The van der Waals surface area contributed by atoms with E-state index < -0.39 is 5.97 Å². The summed E-state index contributed by atoms with van der Waals surface area (Å²) in [5.74, 6) is -0.825. The number of halogens is 1. The van der Waals surface area contributed by atoms with Crippen LogP contribution in [-0.4, -0.2) is 11.1 Å². The van der Waals surface area contributed by atoms with Crippen molar-refractivity contribution in [1.82, 2.24) is 0 Å². The summed E-state index contributed by atoms with van der Waals surface area (Å²) in [5, 5.41) is 8.54. The first-order valence-electron chi connectivity index (χ1n) is 6.43. The third kappa shape index (κ3) is 4.76. The molecule has 0 atom stereocenters. The van der Waals surface area contributed by atoms with Crippen LogP contribution in [0.2, 0.25) is 0 Å². The number of aliphatic carboxylic acids is 1. The maximum Gasteiger partial charge on any atom is 0.328 e. The molecule has 0 aromatic heterocycles. The summed E-state index contributed by atoms with van der Waals surface area (Å²) in [4.78, 5) is 11.5. The Balaban J connectivity index is 2.04. The van der Waals surface area contributed by atoms with Gasteiger partial charge in [0.15, 0.2) is 0 Å². The molecule has 21 heavy (non-hydrogen) atoms. The summed E-state index contributed by atoms with van der Waals surface area (Å²) in [6.45, 7) is 2.03. The molecule has 0 heterocycles. The van der Waals surface area contributed by atoms with Gasteiger partial charge in [-0.15, -0.1) is 11.8 Å². The lowest BCUT2D eigenvalue weighted by Gasteiger charge is -2.05. The SMILES string of the molecule is Cc1ccc(SCc2ccc(C=CC(=O)O)cc2F)cc1. The molecule has 2 nitrogen and oxygen atoms in total. The van der Waals surface area contributed by atoms with Crippen molar-refractivity contribution in [1.29, 1.82) is 0 Å². The van der Waals surface area contributed by atoms with E-state index in [0.29, 0.717) is 16.9 Å². The first-order valence-corrected chi connectivity index (χ1v) is 7.42. The highest BCUT2D eigenvalue weighted by Crippen LogP contribution is 2.25. The van der Waals surface area contributed by atoms with Crippen LogP contribution in [0.15, 0.2) is 53.4 Å². The second kappa shape index (κ2) is 7.09. The van der Waals surface area contributed by atoms with Crippen molar-refractivity contribution < 1.29 is 14.3 Å². The van der Waals surface area contributed by atoms with Crippen molar-refractivity contribution in [3.63, 3.8) is 0 Å². The van der Waals surface area contributed by atoms with Gasteiger partial charge in [0.1, 0.15) is 5.82 Å². The molecule has 4 heteroatoms. The molecule has 0 saturated carbocycles.